The van der Waals surface area contributed by atoms with Gasteiger partial charge in [-0.3, -0.25) is 9.69 Å². The topological polar surface area (TPSA) is 82.9 Å². The summed E-state index contributed by atoms with van der Waals surface area (Å²) < 4.78 is 29.3. The molecule has 0 spiro atoms. The van der Waals surface area contributed by atoms with Gasteiger partial charge in [0.2, 0.25) is 15.9 Å². The van der Waals surface area contributed by atoms with Crippen molar-refractivity contribution in [2.24, 2.45) is 0 Å². The fraction of sp³-hybridized carbons (Fsp3) is 0.667. The summed E-state index contributed by atoms with van der Waals surface area (Å²) in [5.74, 6) is 0.509. The number of hydrogen-bond donors (Lipinski definition) is 1. The van der Waals surface area contributed by atoms with Crippen molar-refractivity contribution in [2.75, 3.05) is 39.5 Å². The number of nitrogens with one attached hydrogen (secondary N) is 1. The third-order valence-electron chi connectivity index (χ3n) is 4.13. The van der Waals surface area contributed by atoms with Gasteiger partial charge in [-0.05, 0) is 38.1 Å². The molecule has 0 aliphatic carbocycles. The molecule has 0 unspecified atom stereocenters. The van der Waals surface area contributed by atoms with Crippen molar-refractivity contribution in [3.63, 3.8) is 0 Å². The molecule has 130 valence electrons. The Labute approximate surface area is 137 Å². The Balaban J connectivity index is 1.94. The van der Waals surface area contributed by atoms with Gasteiger partial charge in [0.25, 0.3) is 0 Å². The van der Waals surface area contributed by atoms with Gasteiger partial charge in [-0.25, -0.2) is 8.42 Å². The maximum absolute atomic E-state index is 12.0. The van der Waals surface area contributed by atoms with E-state index >= 15 is 0 Å². The lowest BCUT2D eigenvalue weighted by Gasteiger charge is -2.33. The first kappa shape index (κ1) is 18.0. The second-order valence-electron chi connectivity index (χ2n) is 5.95. The zero-order valence-electron chi connectivity index (χ0n) is 13.7. The minimum absolute atomic E-state index is 0.0159. The number of sulfonamides is 1. The van der Waals surface area contributed by atoms with Crippen molar-refractivity contribution in [2.45, 2.75) is 25.3 Å². The lowest BCUT2D eigenvalue weighted by molar-refractivity contribution is -0.121. The Morgan fingerprint density at radius 1 is 1.39 bits per heavy atom. The summed E-state index contributed by atoms with van der Waals surface area (Å²) in [6.07, 6.45) is 6.22. The number of hydrogen-bond acceptors (Lipinski definition) is 5. The monoisotopic (exact) mass is 343 g/mol. The predicted octanol–water partition coefficient (Wildman–Crippen LogP) is 0.814. The highest BCUT2D eigenvalue weighted by atomic mass is 32.2. The lowest BCUT2D eigenvalue weighted by atomic mass is 10.1. The summed E-state index contributed by atoms with van der Waals surface area (Å²) in [5.41, 5.74) is 0. The number of furan rings is 1. The number of rotatable bonds is 7. The predicted molar refractivity (Wildman–Crippen MR) is 87.4 cm³/mol. The SMILES string of the molecule is CN(CC(=O)NC[C@H](c1ccco1)N1CCCCC1)S(C)(=O)=O. The van der Waals surface area contributed by atoms with Crippen LogP contribution in [0.2, 0.25) is 0 Å². The van der Waals surface area contributed by atoms with E-state index < -0.39 is 10.0 Å². The van der Waals surface area contributed by atoms with Crippen molar-refractivity contribution in [1.29, 1.82) is 0 Å². The first-order chi connectivity index (χ1) is 10.9. The number of amides is 1. The largest absolute Gasteiger partial charge is 0.468 e. The molecule has 8 heteroatoms. The number of likely N-dealkylation sites (tertiary alicyclic amines) is 1. The second kappa shape index (κ2) is 7.94. The number of carbonyl (C=O) groups is 1. The fourth-order valence-electron chi connectivity index (χ4n) is 2.71. The van der Waals surface area contributed by atoms with E-state index in [1.165, 1.54) is 13.5 Å². The van der Waals surface area contributed by atoms with E-state index in [9.17, 15) is 13.2 Å². The molecule has 1 aliphatic rings. The molecule has 0 bridgehead atoms. The second-order valence-corrected chi connectivity index (χ2v) is 8.04. The Hall–Kier alpha value is -1.38. The maximum atomic E-state index is 12.0. The highest BCUT2D eigenvalue weighted by Crippen LogP contribution is 2.24. The summed E-state index contributed by atoms with van der Waals surface area (Å²) in [4.78, 5) is 14.3. The van der Waals surface area contributed by atoms with Gasteiger partial charge in [-0.2, -0.15) is 4.31 Å². The van der Waals surface area contributed by atoms with E-state index in [1.54, 1.807) is 6.26 Å². The van der Waals surface area contributed by atoms with Crippen LogP contribution in [0.15, 0.2) is 22.8 Å². The van der Waals surface area contributed by atoms with Gasteiger partial charge < -0.3 is 9.73 Å². The quantitative estimate of drug-likeness (QED) is 0.792. The molecule has 1 aromatic heterocycles. The molecule has 0 aromatic carbocycles. The van der Waals surface area contributed by atoms with Gasteiger partial charge in [0.15, 0.2) is 0 Å². The first-order valence-electron chi connectivity index (χ1n) is 7.83. The molecule has 1 aromatic rings. The standard InChI is InChI=1S/C15H25N3O4S/c1-17(23(2,20)21)12-15(19)16-11-13(14-7-6-10-22-14)18-8-4-3-5-9-18/h6-7,10,13H,3-5,8-9,11-12H2,1-2H3,(H,16,19)/t13-/m1/s1. The summed E-state index contributed by atoms with van der Waals surface area (Å²) in [5, 5.41) is 2.82. The lowest BCUT2D eigenvalue weighted by Crippen LogP contribution is -2.43. The number of piperidine rings is 1. The van der Waals surface area contributed by atoms with Gasteiger partial charge in [-0.15, -0.1) is 0 Å². The van der Waals surface area contributed by atoms with Gasteiger partial charge in [0.1, 0.15) is 5.76 Å². The zero-order valence-corrected chi connectivity index (χ0v) is 14.5. The number of likely N-dealkylation sites (N-methyl/N-ethyl adjacent to an activating group) is 1. The average molecular weight is 343 g/mol. The average Bonchev–Trinajstić information content (AvgIpc) is 3.01. The molecular formula is C15H25N3O4S. The number of carbonyl (C=O) groups excluding carboxylic acids is 1. The van der Waals surface area contributed by atoms with E-state index in [0.29, 0.717) is 6.54 Å². The van der Waals surface area contributed by atoms with Crippen LogP contribution < -0.4 is 5.32 Å². The van der Waals surface area contributed by atoms with E-state index in [4.69, 9.17) is 4.42 Å². The van der Waals surface area contributed by atoms with Gasteiger partial charge in [0.05, 0.1) is 25.1 Å². The summed E-state index contributed by atoms with van der Waals surface area (Å²) in [7, 11) is -1.96. The van der Waals surface area contributed by atoms with Gasteiger partial charge in [-0.1, -0.05) is 6.42 Å². The highest BCUT2D eigenvalue weighted by Gasteiger charge is 2.25. The maximum Gasteiger partial charge on any atom is 0.235 e. The zero-order chi connectivity index (χ0) is 16.9. The minimum Gasteiger partial charge on any atom is -0.468 e. The molecule has 1 amide bonds. The third kappa shape index (κ3) is 5.33. The van der Waals surface area contributed by atoms with Gasteiger partial charge in [0, 0.05) is 13.6 Å². The Morgan fingerprint density at radius 2 is 2.09 bits per heavy atom. The van der Waals surface area contributed by atoms with Crippen LogP contribution in [-0.2, 0) is 14.8 Å². The van der Waals surface area contributed by atoms with Crippen molar-refractivity contribution in [3.8, 4) is 0 Å². The van der Waals surface area contributed by atoms with E-state index in [-0.39, 0.29) is 18.5 Å². The molecule has 0 saturated carbocycles. The third-order valence-corrected chi connectivity index (χ3v) is 5.39. The van der Waals surface area contributed by atoms with Crippen LogP contribution >= 0.6 is 0 Å². The molecule has 23 heavy (non-hydrogen) atoms. The molecule has 1 N–H and O–H groups in total. The molecule has 2 rings (SSSR count). The first-order valence-corrected chi connectivity index (χ1v) is 9.68. The van der Waals surface area contributed by atoms with E-state index in [0.717, 1.165) is 42.3 Å². The summed E-state index contributed by atoms with van der Waals surface area (Å²) >= 11 is 0. The van der Waals surface area contributed by atoms with E-state index in [2.05, 4.69) is 10.2 Å². The van der Waals surface area contributed by atoms with Crippen molar-refractivity contribution in [1.82, 2.24) is 14.5 Å². The molecule has 1 saturated heterocycles. The van der Waals surface area contributed by atoms with E-state index in [1.807, 2.05) is 12.1 Å². The molecule has 1 fully saturated rings. The Bertz CT molecular complexity index is 594. The number of nitrogens with zero attached hydrogens (tertiary/aromatic N) is 2. The van der Waals surface area contributed by atoms with Crippen LogP contribution in [0.5, 0.6) is 0 Å². The molecular weight excluding hydrogens is 318 g/mol. The van der Waals surface area contributed by atoms with Crippen LogP contribution in [0, 0.1) is 0 Å². The fourth-order valence-corrected chi connectivity index (χ4v) is 3.06. The van der Waals surface area contributed by atoms with Crippen molar-refractivity contribution < 1.29 is 17.6 Å². The van der Waals surface area contributed by atoms with Gasteiger partial charge >= 0.3 is 0 Å². The molecule has 1 aliphatic heterocycles. The molecule has 1 atom stereocenters. The Morgan fingerprint density at radius 3 is 2.65 bits per heavy atom. The molecule has 0 radical (unpaired) electrons. The molecule has 7 nitrogen and oxygen atoms in total. The van der Waals surface area contributed by atoms with Crippen LogP contribution in [-0.4, -0.2) is 63.0 Å². The normalized spacial score (nSPS) is 18.0. The smallest absolute Gasteiger partial charge is 0.235 e. The molecule has 2 heterocycles. The minimum atomic E-state index is -3.36. The summed E-state index contributed by atoms with van der Waals surface area (Å²) in [6.45, 7) is 2.18. The Kier molecular flexibility index (Phi) is 6.20. The van der Waals surface area contributed by atoms with Crippen LogP contribution in [0.4, 0.5) is 0 Å². The van der Waals surface area contributed by atoms with Crippen LogP contribution in [0.3, 0.4) is 0 Å². The van der Waals surface area contributed by atoms with Crippen LogP contribution in [0.25, 0.3) is 0 Å². The van der Waals surface area contributed by atoms with Crippen molar-refractivity contribution >= 4 is 15.9 Å². The van der Waals surface area contributed by atoms with Crippen LogP contribution in [0.1, 0.15) is 31.1 Å². The summed E-state index contributed by atoms with van der Waals surface area (Å²) in [6, 6.07) is 3.73. The highest BCUT2D eigenvalue weighted by molar-refractivity contribution is 7.88. The van der Waals surface area contributed by atoms with Crippen molar-refractivity contribution in [3.05, 3.63) is 24.2 Å².